The molecular formula is C40H48IrNO2-. The van der Waals surface area contributed by atoms with Gasteiger partial charge in [0.25, 0.3) is 0 Å². The molecule has 0 amide bonds. The van der Waals surface area contributed by atoms with Gasteiger partial charge in [-0.15, -0.1) is 34.9 Å². The Morgan fingerprint density at radius 1 is 0.818 bits per heavy atom. The van der Waals surface area contributed by atoms with Gasteiger partial charge in [0.05, 0.1) is 5.76 Å². The maximum absolute atomic E-state index is 11.7. The molecule has 0 saturated carbocycles. The molecule has 235 valence electrons. The largest absolute Gasteiger partial charge is 0.512 e. The average molecular weight is 767 g/mol. The summed E-state index contributed by atoms with van der Waals surface area (Å²) in [5.41, 5.74) is 10.2. The van der Waals surface area contributed by atoms with E-state index in [4.69, 9.17) is 4.98 Å². The van der Waals surface area contributed by atoms with Gasteiger partial charge >= 0.3 is 0 Å². The van der Waals surface area contributed by atoms with Crippen LogP contribution < -0.4 is 0 Å². The first-order valence-electron chi connectivity index (χ1n) is 16.2. The number of aliphatic hydroxyl groups is 1. The number of hydrogen-bond donors (Lipinski definition) is 1. The summed E-state index contributed by atoms with van der Waals surface area (Å²) in [7, 11) is 0. The second-order valence-electron chi connectivity index (χ2n) is 12.0. The van der Waals surface area contributed by atoms with E-state index in [1.807, 2.05) is 33.9 Å². The van der Waals surface area contributed by atoms with Gasteiger partial charge in [-0.2, -0.15) is 0 Å². The molecular weight excluding hydrogens is 719 g/mol. The molecule has 0 spiro atoms. The van der Waals surface area contributed by atoms with Crippen molar-refractivity contribution in [3.63, 3.8) is 0 Å². The van der Waals surface area contributed by atoms with Crippen molar-refractivity contribution in [3.8, 4) is 11.3 Å². The first-order valence-corrected chi connectivity index (χ1v) is 16.2. The Labute approximate surface area is 278 Å². The van der Waals surface area contributed by atoms with Crippen molar-refractivity contribution < 1.29 is 30.0 Å². The number of aliphatic hydroxyl groups excluding tert-OH is 1. The molecule has 1 heterocycles. The fourth-order valence-corrected chi connectivity index (χ4v) is 6.29. The number of aromatic nitrogens is 1. The van der Waals surface area contributed by atoms with Crippen molar-refractivity contribution in [3.05, 3.63) is 112 Å². The molecule has 1 radical (unpaired) electrons. The van der Waals surface area contributed by atoms with Crippen LogP contribution in [0.15, 0.2) is 72.6 Å². The summed E-state index contributed by atoms with van der Waals surface area (Å²) in [5, 5.41) is 12.4. The standard InChI is InChI=1S/C27H24N.C13H24O2.Ir/c1-18-15-19(2)17-24(16-18)27-26-23-10-8-21-5-3-20(4-6-21)7-9-22(11-12-23)25(26)13-14-28-27;1-5-10(6-2)12(14)9-13(15)11(7-3)8-4;/h3-6,11-16H,7-10H2,1-2H3;9-11,14H,5-8H2,1-4H3;/q-1;;/b;12-9-;. The Bertz CT molecular complexity index is 1540. The molecule has 8 rings (SSSR count). The summed E-state index contributed by atoms with van der Waals surface area (Å²) in [4.78, 5) is 16.6. The number of carbonyl (C=O) groups is 1. The van der Waals surface area contributed by atoms with Crippen LogP contribution in [-0.2, 0) is 50.6 Å². The number of ketones is 1. The Hall–Kier alpha value is -3.07. The summed E-state index contributed by atoms with van der Waals surface area (Å²) < 4.78 is 0. The third kappa shape index (κ3) is 8.77. The monoisotopic (exact) mass is 767 g/mol. The Morgan fingerprint density at radius 3 is 1.95 bits per heavy atom. The zero-order valence-corrected chi connectivity index (χ0v) is 29.7. The van der Waals surface area contributed by atoms with Gasteiger partial charge in [0, 0.05) is 44.2 Å². The minimum Gasteiger partial charge on any atom is -0.512 e. The topological polar surface area (TPSA) is 50.2 Å². The van der Waals surface area contributed by atoms with Gasteiger partial charge in [-0.1, -0.05) is 77.9 Å². The number of allylic oxidation sites excluding steroid dienone is 2. The predicted molar refractivity (Wildman–Crippen MR) is 181 cm³/mol. The molecule has 0 atom stereocenters. The average Bonchev–Trinajstić information content (AvgIpc) is 2.99. The van der Waals surface area contributed by atoms with Crippen molar-refractivity contribution >= 4 is 16.6 Å². The van der Waals surface area contributed by atoms with Gasteiger partial charge in [-0.3, -0.25) is 4.79 Å². The Balaban J connectivity index is 0.000000286. The zero-order valence-electron chi connectivity index (χ0n) is 27.3. The second kappa shape index (κ2) is 16.8. The van der Waals surface area contributed by atoms with Gasteiger partial charge in [0.2, 0.25) is 0 Å². The minimum atomic E-state index is 0. The van der Waals surface area contributed by atoms with Gasteiger partial charge in [-0.05, 0) is 96.2 Å². The third-order valence-corrected chi connectivity index (χ3v) is 8.98. The third-order valence-electron chi connectivity index (χ3n) is 8.98. The number of pyridine rings is 1. The number of rotatable bonds is 8. The number of nitrogens with zero attached hydrogens (tertiary/aromatic N) is 1. The smallest absolute Gasteiger partial charge is 0.162 e. The summed E-state index contributed by atoms with van der Waals surface area (Å²) in [6.07, 6.45) is 11.1. The van der Waals surface area contributed by atoms with Crippen LogP contribution in [0.5, 0.6) is 0 Å². The van der Waals surface area contributed by atoms with Gasteiger partial charge in [-0.25, -0.2) is 0 Å². The molecule has 1 N–H and O–H groups in total. The maximum atomic E-state index is 11.7. The molecule has 0 saturated heterocycles. The molecule has 4 heteroatoms. The van der Waals surface area contributed by atoms with Crippen LogP contribution in [0.3, 0.4) is 0 Å². The molecule has 4 aliphatic rings. The van der Waals surface area contributed by atoms with Gasteiger partial charge < -0.3 is 10.1 Å². The van der Waals surface area contributed by atoms with E-state index < -0.39 is 0 Å². The van der Waals surface area contributed by atoms with Crippen LogP contribution in [0.1, 0.15) is 86.8 Å². The number of aryl methyl sites for hydroxylation is 6. The van der Waals surface area contributed by atoms with Crippen molar-refractivity contribution in [2.75, 3.05) is 0 Å². The maximum Gasteiger partial charge on any atom is 0.162 e. The van der Waals surface area contributed by atoms with Crippen molar-refractivity contribution in [2.45, 2.75) is 92.9 Å². The van der Waals surface area contributed by atoms with Crippen molar-refractivity contribution in [1.29, 1.82) is 0 Å². The van der Waals surface area contributed by atoms with Crippen molar-refractivity contribution in [1.82, 2.24) is 4.98 Å². The SMILES string of the molecule is CCC(CC)C(=O)/C=C(\O)C(CC)CC.Cc1[c-]c(-c2nccc3c4ccc(c23)CCc2ccc(cc2)CC4)cc(C)c1.[Ir]. The van der Waals surface area contributed by atoms with Crippen LogP contribution in [0.4, 0.5) is 0 Å². The Morgan fingerprint density at radius 2 is 1.39 bits per heavy atom. The predicted octanol–water partition coefficient (Wildman–Crippen LogP) is 10.1. The van der Waals surface area contributed by atoms with E-state index in [0.717, 1.165) is 62.6 Å². The van der Waals surface area contributed by atoms with Crippen LogP contribution in [0.2, 0.25) is 0 Å². The van der Waals surface area contributed by atoms with E-state index in [9.17, 15) is 9.90 Å². The quantitative estimate of drug-likeness (QED) is 0.110. The zero-order chi connectivity index (χ0) is 30.9. The molecule has 0 fully saturated rings. The molecule has 4 aliphatic carbocycles. The fraction of sp³-hybridized carbons (Fsp3) is 0.400. The summed E-state index contributed by atoms with van der Waals surface area (Å²) in [6, 6.07) is 24.0. The van der Waals surface area contributed by atoms with E-state index in [-0.39, 0.29) is 43.5 Å². The van der Waals surface area contributed by atoms with E-state index in [1.165, 1.54) is 50.2 Å². The van der Waals surface area contributed by atoms with Gasteiger partial charge in [0.15, 0.2) is 5.78 Å². The van der Waals surface area contributed by atoms with E-state index in [2.05, 4.69) is 74.5 Å². The Kier molecular flexibility index (Phi) is 13.6. The van der Waals surface area contributed by atoms with E-state index in [1.54, 1.807) is 0 Å². The van der Waals surface area contributed by atoms with E-state index >= 15 is 0 Å². The molecule has 0 unspecified atom stereocenters. The van der Waals surface area contributed by atoms with E-state index in [0.29, 0.717) is 0 Å². The summed E-state index contributed by atoms with van der Waals surface area (Å²) in [6.45, 7) is 12.3. The number of benzene rings is 3. The summed E-state index contributed by atoms with van der Waals surface area (Å²) >= 11 is 0. The van der Waals surface area contributed by atoms with Gasteiger partial charge in [0.1, 0.15) is 0 Å². The summed E-state index contributed by atoms with van der Waals surface area (Å²) in [5.74, 6) is 0.547. The molecule has 1 aromatic heterocycles. The molecule has 4 aromatic rings. The normalized spacial score (nSPS) is 12.9. The molecule has 4 bridgehead atoms. The fourth-order valence-electron chi connectivity index (χ4n) is 6.29. The van der Waals surface area contributed by atoms with Crippen LogP contribution >= 0.6 is 0 Å². The first-order chi connectivity index (χ1) is 20.8. The molecule has 3 nitrogen and oxygen atoms in total. The van der Waals surface area contributed by atoms with Crippen molar-refractivity contribution in [2.24, 2.45) is 11.8 Å². The molecule has 3 aromatic carbocycles. The minimum absolute atomic E-state index is 0. The second-order valence-corrected chi connectivity index (χ2v) is 12.0. The molecule has 44 heavy (non-hydrogen) atoms. The first kappa shape index (κ1) is 35.4. The molecule has 0 aliphatic heterocycles. The van der Waals surface area contributed by atoms with Crippen LogP contribution in [-0.4, -0.2) is 15.9 Å². The van der Waals surface area contributed by atoms with Crippen LogP contribution in [0, 0.1) is 31.7 Å². The van der Waals surface area contributed by atoms with Crippen LogP contribution in [0.25, 0.3) is 22.0 Å². The number of hydrogen-bond acceptors (Lipinski definition) is 3. The number of carbonyl (C=O) groups excluding carboxylic acids is 1.